The smallest absolute Gasteiger partial charge is 0.243 e. The second-order valence-corrected chi connectivity index (χ2v) is 5.99. The van der Waals surface area contributed by atoms with E-state index in [1.807, 2.05) is 18.2 Å². The van der Waals surface area contributed by atoms with Crippen molar-refractivity contribution in [2.24, 2.45) is 0 Å². The molecule has 0 aliphatic carbocycles. The van der Waals surface area contributed by atoms with E-state index in [9.17, 15) is 4.79 Å². The minimum Gasteiger partial charge on any atom is -0.493 e. The number of hydrogen-bond donors (Lipinski definition) is 1. The maximum absolute atomic E-state index is 11.9. The van der Waals surface area contributed by atoms with E-state index in [0.717, 1.165) is 18.5 Å². The summed E-state index contributed by atoms with van der Waals surface area (Å²) in [5.41, 5.74) is 0.899. The third-order valence-electron chi connectivity index (χ3n) is 4.23. The van der Waals surface area contributed by atoms with Gasteiger partial charge in [0, 0.05) is 12.6 Å². The lowest BCUT2D eigenvalue weighted by atomic mass is 10.1. The molecule has 132 valence electrons. The molecule has 1 fully saturated rings. The number of methoxy groups -OCH3 is 2. The molecule has 0 saturated carbocycles. The predicted octanol–water partition coefficient (Wildman–Crippen LogP) is 2.71. The molecule has 1 N–H and O–H groups in total. The van der Waals surface area contributed by atoms with Gasteiger partial charge in [-0.05, 0) is 62.7 Å². The van der Waals surface area contributed by atoms with Crippen molar-refractivity contribution in [2.75, 3.05) is 40.4 Å². The van der Waals surface area contributed by atoms with Gasteiger partial charge >= 0.3 is 0 Å². The zero-order valence-corrected chi connectivity index (χ0v) is 14.7. The number of amides is 1. The van der Waals surface area contributed by atoms with Gasteiger partial charge in [-0.1, -0.05) is 12.5 Å². The third-order valence-corrected chi connectivity index (χ3v) is 4.23. The number of rotatable bonds is 8. The monoisotopic (exact) mass is 332 g/mol. The number of ether oxygens (including phenoxy) is 2. The van der Waals surface area contributed by atoms with Crippen molar-refractivity contribution in [2.45, 2.75) is 25.7 Å². The van der Waals surface area contributed by atoms with Crippen LogP contribution in [-0.2, 0) is 4.79 Å². The van der Waals surface area contributed by atoms with Crippen LogP contribution in [0.25, 0.3) is 6.08 Å². The summed E-state index contributed by atoms with van der Waals surface area (Å²) < 4.78 is 10.5. The van der Waals surface area contributed by atoms with Gasteiger partial charge in [0.25, 0.3) is 0 Å². The quantitative estimate of drug-likeness (QED) is 0.587. The van der Waals surface area contributed by atoms with Crippen LogP contribution in [0.2, 0.25) is 0 Å². The number of likely N-dealkylation sites (tertiary alicyclic amines) is 1. The minimum atomic E-state index is -0.0663. The molecule has 5 nitrogen and oxygen atoms in total. The number of hydrogen-bond acceptors (Lipinski definition) is 4. The van der Waals surface area contributed by atoms with E-state index in [2.05, 4.69) is 10.2 Å². The number of nitrogens with one attached hydrogen (secondary N) is 1. The Labute approximate surface area is 144 Å². The maximum Gasteiger partial charge on any atom is 0.243 e. The molecule has 5 heteroatoms. The zero-order chi connectivity index (χ0) is 17.2. The van der Waals surface area contributed by atoms with Gasteiger partial charge in [-0.2, -0.15) is 0 Å². The molecule has 0 radical (unpaired) electrons. The SMILES string of the molecule is COc1ccc(/C=C/C(=O)NCCCN2CCCCC2)cc1OC. The number of carbonyl (C=O) groups excluding carboxylic acids is 1. The molecular formula is C19H28N2O3. The highest BCUT2D eigenvalue weighted by atomic mass is 16.5. The number of carbonyl (C=O) groups is 1. The van der Waals surface area contributed by atoms with Gasteiger partial charge in [-0.15, -0.1) is 0 Å². The van der Waals surface area contributed by atoms with E-state index in [4.69, 9.17) is 9.47 Å². The first-order valence-corrected chi connectivity index (χ1v) is 8.63. The molecule has 1 aliphatic rings. The van der Waals surface area contributed by atoms with Crippen molar-refractivity contribution in [1.82, 2.24) is 10.2 Å². The van der Waals surface area contributed by atoms with Crippen molar-refractivity contribution in [3.8, 4) is 11.5 Å². The molecule has 0 spiro atoms. The average Bonchev–Trinajstić information content (AvgIpc) is 2.64. The highest BCUT2D eigenvalue weighted by Crippen LogP contribution is 2.27. The maximum atomic E-state index is 11.9. The van der Waals surface area contributed by atoms with Crippen LogP contribution in [0.1, 0.15) is 31.2 Å². The van der Waals surface area contributed by atoms with E-state index in [1.54, 1.807) is 26.4 Å². The summed E-state index contributed by atoms with van der Waals surface area (Å²) in [7, 11) is 3.20. The molecule has 1 amide bonds. The van der Waals surface area contributed by atoms with Crippen LogP contribution < -0.4 is 14.8 Å². The summed E-state index contributed by atoms with van der Waals surface area (Å²) in [5.74, 6) is 1.27. The summed E-state index contributed by atoms with van der Waals surface area (Å²) in [4.78, 5) is 14.4. The lowest BCUT2D eigenvalue weighted by molar-refractivity contribution is -0.116. The van der Waals surface area contributed by atoms with Crippen LogP contribution in [0.4, 0.5) is 0 Å². The summed E-state index contributed by atoms with van der Waals surface area (Å²) in [6.07, 6.45) is 8.30. The highest BCUT2D eigenvalue weighted by Gasteiger charge is 2.09. The third kappa shape index (κ3) is 5.89. The van der Waals surface area contributed by atoms with Gasteiger partial charge in [0.05, 0.1) is 14.2 Å². The Morgan fingerprint density at radius 2 is 1.92 bits per heavy atom. The van der Waals surface area contributed by atoms with Gasteiger partial charge in [-0.3, -0.25) is 4.79 Å². The molecule has 1 aliphatic heterocycles. The lowest BCUT2D eigenvalue weighted by Gasteiger charge is -2.26. The Morgan fingerprint density at radius 1 is 1.17 bits per heavy atom. The van der Waals surface area contributed by atoms with Crippen LogP contribution in [0.15, 0.2) is 24.3 Å². The fraction of sp³-hybridized carbons (Fsp3) is 0.526. The van der Waals surface area contributed by atoms with Crippen LogP contribution in [-0.4, -0.2) is 51.2 Å². The van der Waals surface area contributed by atoms with Gasteiger partial charge in [0.1, 0.15) is 0 Å². The Balaban J connectivity index is 1.72. The van der Waals surface area contributed by atoms with Crippen LogP contribution in [0.5, 0.6) is 11.5 Å². The Kier molecular flexibility index (Phi) is 7.62. The van der Waals surface area contributed by atoms with Crippen molar-refractivity contribution in [3.05, 3.63) is 29.8 Å². The molecular weight excluding hydrogens is 304 g/mol. The fourth-order valence-corrected chi connectivity index (χ4v) is 2.88. The first kappa shape index (κ1) is 18.3. The van der Waals surface area contributed by atoms with E-state index < -0.39 is 0 Å². The number of benzene rings is 1. The molecule has 0 atom stereocenters. The fourth-order valence-electron chi connectivity index (χ4n) is 2.88. The van der Waals surface area contributed by atoms with E-state index >= 15 is 0 Å². The van der Waals surface area contributed by atoms with Crippen LogP contribution in [0.3, 0.4) is 0 Å². The zero-order valence-electron chi connectivity index (χ0n) is 14.7. The summed E-state index contributed by atoms with van der Waals surface area (Å²) in [6, 6.07) is 5.56. The normalized spacial score (nSPS) is 15.4. The predicted molar refractivity (Wildman–Crippen MR) is 96.5 cm³/mol. The van der Waals surface area contributed by atoms with Crippen LogP contribution >= 0.6 is 0 Å². The molecule has 24 heavy (non-hydrogen) atoms. The van der Waals surface area contributed by atoms with Gasteiger partial charge in [0.15, 0.2) is 11.5 Å². The van der Waals surface area contributed by atoms with E-state index in [-0.39, 0.29) is 5.91 Å². The first-order chi connectivity index (χ1) is 11.7. The largest absolute Gasteiger partial charge is 0.493 e. The molecule has 1 aromatic rings. The number of nitrogens with zero attached hydrogens (tertiary/aromatic N) is 1. The van der Waals surface area contributed by atoms with Crippen molar-refractivity contribution in [1.29, 1.82) is 0 Å². The molecule has 2 rings (SSSR count). The minimum absolute atomic E-state index is 0.0663. The Morgan fingerprint density at radius 3 is 2.62 bits per heavy atom. The summed E-state index contributed by atoms with van der Waals surface area (Å²) in [6.45, 7) is 4.19. The topological polar surface area (TPSA) is 50.8 Å². The Hall–Kier alpha value is -2.01. The molecule has 1 aromatic carbocycles. The second-order valence-electron chi connectivity index (χ2n) is 5.99. The molecule has 1 saturated heterocycles. The first-order valence-electron chi connectivity index (χ1n) is 8.63. The van der Waals surface area contributed by atoms with Gasteiger partial charge in [0.2, 0.25) is 5.91 Å². The Bertz CT molecular complexity index is 552. The van der Waals surface area contributed by atoms with Crippen molar-refractivity contribution < 1.29 is 14.3 Å². The second kappa shape index (κ2) is 9.98. The van der Waals surface area contributed by atoms with E-state index in [0.29, 0.717) is 18.0 Å². The summed E-state index contributed by atoms with van der Waals surface area (Å²) >= 11 is 0. The van der Waals surface area contributed by atoms with E-state index in [1.165, 1.54) is 32.4 Å². The molecule has 0 aromatic heterocycles. The standard InChI is InChI=1S/C19H28N2O3/c1-23-17-9-7-16(15-18(17)24-2)8-10-19(22)20-11-6-14-21-12-4-3-5-13-21/h7-10,15H,3-6,11-14H2,1-2H3,(H,20,22)/b10-8+. The molecule has 0 unspecified atom stereocenters. The molecule has 1 heterocycles. The average molecular weight is 332 g/mol. The lowest BCUT2D eigenvalue weighted by Crippen LogP contribution is -2.33. The highest BCUT2D eigenvalue weighted by molar-refractivity contribution is 5.91. The van der Waals surface area contributed by atoms with Gasteiger partial charge < -0.3 is 19.7 Å². The van der Waals surface area contributed by atoms with Crippen LogP contribution in [0, 0.1) is 0 Å². The van der Waals surface area contributed by atoms with Crippen molar-refractivity contribution in [3.63, 3.8) is 0 Å². The van der Waals surface area contributed by atoms with Gasteiger partial charge in [-0.25, -0.2) is 0 Å². The summed E-state index contributed by atoms with van der Waals surface area (Å²) in [5, 5.41) is 2.94. The van der Waals surface area contributed by atoms with Crippen molar-refractivity contribution >= 4 is 12.0 Å². The molecule has 0 bridgehead atoms. The number of piperidine rings is 1.